The molecule has 7 nitrogen and oxygen atoms in total. The molecule has 0 aromatic heterocycles. The molecule has 3 aromatic carbocycles. The Morgan fingerprint density at radius 2 is 1.76 bits per heavy atom. The number of carbonyl (C=O) groups is 2. The second-order valence-corrected chi connectivity index (χ2v) is 9.96. The maximum atomic E-state index is 13.0. The minimum atomic E-state index is -4.48. The number of amides is 2. The van der Waals surface area contributed by atoms with Crippen LogP contribution in [0.1, 0.15) is 36.0 Å². The maximum absolute atomic E-state index is 13.0. The Morgan fingerprint density at radius 1 is 1.05 bits per heavy atom. The van der Waals surface area contributed by atoms with Gasteiger partial charge in [0.25, 0.3) is 0 Å². The minimum Gasteiger partial charge on any atom is -0.484 e. The van der Waals surface area contributed by atoms with Crippen molar-refractivity contribution in [2.75, 3.05) is 26.2 Å². The Hall–Kier alpha value is -4.36. The number of halogens is 3. The van der Waals surface area contributed by atoms with Crippen molar-refractivity contribution in [3.8, 4) is 22.9 Å². The van der Waals surface area contributed by atoms with Gasteiger partial charge >= 0.3 is 6.18 Å². The first kappa shape index (κ1) is 29.6. The van der Waals surface area contributed by atoms with Gasteiger partial charge in [0.1, 0.15) is 5.75 Å². The minimum absolute atomic E-state index is 0.0724. The van der Waals surface area contributed by atoms with Gasteiger partial charge in [0.15, 0.2) is 6.61 Å². The molecule has 214 valence electrons. The molecule has 1 saturated heterocycles. The number of likely N-dealkylation sites (tertiary alicyclic amines) is 1. The third-order valence-electron chi connectivity index (χ3n) is 7.04. The molecule has 4 rings (SSSR count). The number of alkyl halides is 3. The summed E-state index contributed by atoms with van der Waals surface area (Å²) in [5, 5.41) is 15.2. The standard InChI is InChI=1S/C31H31F3N4O3/c1-21(39)36-18-30(40)38-14-13-28(27(19-38)24-5-3-2-4-6-24)37-17-26-15-25(23-9-7-22(16-35)8-10-23)11-12-29(26)41-20-31(32,33)34/h2-12,15,27-28,37H,13-14,17-20H2,1H3,(H,36,39). The fourth-order valence-corrected chi connectivity index (χ4v) is 4.95. The molecule has 2 atom stereocenters. The van der Waals surface area contributed by atoms with E-state index in [4.69, 9.17) is 10.00 Å². The van der Waals surface area contributed by atoms with Gasteiger partial charge < -0.3 is 20.3 Å². The van der Waals surface area contributed by atoms with Gasteiger partial charge in [-0.3, -0.25) is 9.59 Å². The van der Waals surface area contributed by atoms with Crippen LogP contribution in [0.2, 0.25) is 0 Å². The summed E-state index contributed by atoms with van der Waals surface area (Å²) in [6.07, 6.45) is -3.87. The zero-order chi connectivity index (χ0) is 29.4. The summed E-state index contributed by atoms with van der Waals surface area (Å²) in [6.45, 7) is 1.03. The first-order valence-electron chi connectivity index (χ1n) is 13.3. The molecule has 1 heterocycles. The van der Waals surface area contributed by atoms with Crippen molar-refractivity contribution in [1.29, 1.82) is 5.26 Å². The average molecular weight is 565 g/mol. The topological polar surface area (TPSA) is 94.5 Å². The predicted molar refractivity (Wildman–Crippen MR) is 148 cm³/mol. The van der Waals surface area contributed by atoms with E-state index < -0.39 is 12.8 Å². The number of nitrogens with one attached hydrogen (secondary N) is 2. The molecule has 1 fully saturated rings. The molecule has 2 N–H and O–H groups in total. The van der Waals surface area contributed by atoms with Crippen LogP contribution in [0.3, 0.4) is 0 Å². The quantitative estimate of drug-likeness (QED) is 0.390. The Labute approximate surface area is 236 Å². The molecule has 1 aliphatic rings. The summed E-state index contributed by atoms with van der Waals surface area (Å²) in [6, 6.07) is 23.7. The number of hydrogen-bond acceptors (Lipinski definition) is 5. The van der Waals surface area contributed by atoms with E-state index in [1.807, 2.05) is 30.3 Å². The smallest absolute Gasteiger partial charge is 0.422 e. The third kappa shape index (κ3) is 8.32. The molecule has 10 heteroatoms. The first-order valence-corrected chi connectivity index (χ1v) is 13.3. The number of ether oxygens (including phenoxy) is 1. The number of nitriles is 1. The fraction of sp³-hybridized carbons (Fsp3) is 0.323. The van der Waals surface area contributed by atoms with Gasteiger partial charge in [-0.1, -0.05) is 48.5 Å². The Balaban J connectivity index is 1.56. The largest absolute Gasteiger partial charge is 0.484 e. The molecule has 0 saturated carbocycles. The molecule has 1 aliphatic heterocycles. The number of benzene rings is 3. The summed E-state index contributed by atoms with van der Waals surface area (Å²) >= 11 is 0. The highest BCUT2D eigenvalue weighted by Crippen LogP contribution is 2.31. The highest BCUT2D eigenvalue weighted by atomic mass is 19.4. The highest BCUT2D eigenvalue weighted by molar-refractivity contribution is 5.83. The second kappa shape index (κ2) is 13.3. The van der Waals surface area contributed by atoms with E-state index in [0.29, 0.717) is 30.6 Å². The lowest BCUT2D eigenvalue weighted by Crippen LogP contribution is -2.51. The third-order valence-corrected chi connectivity index (χ3v) is 7.04. The normalized spacial score (nSPS) is 17.0. The predicted octanol–water partition coefficient (Wildman–Crippen LogP) is 4.78. The van der Waals surface area contributed by atoms with Crippen LogP contribution in [0.25, 0.3) is 11.1 Å². The van der Waals surface area contributed by atoms with E-state index in [-0.39, 0.29) is 42.6 Å². The molecule has 2 unspecified atom stereocenters. The van der Waals surface area contributed by atoms with E-state index in [1.54, 1.807) is 41.3 Å². The van der Waals surface area contributed by atoms with Gasteiger partial charge in [0.2, 0.25) is 11.8 Å². The summed E-state index contributed by atoms with van der Waals surface area (Å²) in [7, 11) is 0. The van der Waals surface area contributed by atoms with Gasteiger partial charge in [0, 0.05) is 44.1 Å². The van der Waals surface area contributed by atoms with Crippen LogP contribution in [-0.4, -0.2) is 55.2 Å². The molecule has 2 amide bonds. The van der Waals surface area contributed by atoms with Gasteiger partial charge in [-0.05, 0) is 47.4 Å². The Morgan fingerprint density at radius 3 is 2.41 bits per heavy atom. The van der Waals surface area contributed by atoms with Crippen molar-refractivity contribution >= 4 is 11.8 Å². The molecular weight excluding hydrogens is 533 g/mol. The van der Waals surface area contributed by atoms with Crippen molar-refractivity contribution in [1.82, 2.24) is 15.5 Å². The maximum Gasteiger partial charge on any atom is 0.422 e. The van der Waals surface area contributed by atoms with Crippen molar-refractivity contribution in [3.05, 3.63) is 89.5 Å². The van der Waals surface area contributed by atoms with Crippen LogP contribution in [0, 0.1) is 11.3 Å². The highest BCUT2D eigenvalue weighted by Gasteiger charge is 2.33. The molecule has 0 bridgehead atoms. The van der Waals surface area contributed by atoms with E-state index in [2.05, 4.69) is 16.7 Å². The molecule has 0 spiro atoms. The van der Waals surface area contributed by atoms with Crippen LogP contribution in [-0.2, 0) is 16.1 Å². The van der Waals surface area contributed by atoms with E-state index in [9.17, 15) is 22.8 Å². The zero-order valence-corrected chi connectivity index (χ0v) is 22.6. The number of carbonyl (C=O) groups excluding carboxylic acids is 2. The van der Waals surface area contributed by atoms with Crippen molar-refractivity contribution < 1.29 is 27.5 Å². The van der Waals surface area contributed by atoms with Crippen LogP contribution < -0.4 is 15.4 Å². The molecule has 0 aliphatic carbocycles. The summed E-state index contributed by atoms with van der Waals surface area (Å²) in [5.74, 6) is -0.391. The Bertz CT molecular complexity index is 1390. The SMILES string of the molecule is CC(=O)NCC(=O)N1CCC(NCc2cc(-c3ccc(C#N)cc3)ccc2OCC(F)(F)F)C(c2ccccc2)C1. The lowest BCUT2D eigenvalue weighted by Gasteiger charge is -2.39. The van der Waals surface area contributed by atoms with Gasteiger partial charge in [-0.2, -0.15) is 18.4 Å². The number of piperidine rings is 1. The van der Waals surface area contributed by atoms with Gasteiger partial charge in [-0.25, -0.2) is 0 Å². The average Bonchev–Trinajstić information content (AvgIpc) is 2.98. The van der Waals surface area contributed by atoms with E-state index in [0.717, 1.165) is 16.7 Å². The monoisotopic (exact) mass is 564 g/mol. The van der Waals surface area contributed by atoms with Crippen LogP contribution in [0.15, 0.2) is 72.8 Å². The summed E-state index contributed by atoms with van der Waals surface area (Å²) in [5.41, 5.74) is 3.70. The second-order valence-electron chi connectivity index (χ2n) is 9.96. The van der Waals surface area contributed by atoms with E-state index in [1.165, 1.54) is 13.0 Å². The van der Waals surface area contributed by atoms with Crippen LogP contribution >= 0.6 is 0 Å². The summed E-state index contributed by atoms with van der Waals surface area (Å²) < 4.78 is 44.1. The first-order chi connectivity index (χ1) is 19.6. The molecular formula is C31H31F3N4O3. The fourth-order valence-electron chi connectivity index (χ4n) is 4.95. The molecule has 3 aromatic rings. The van der Waals surface area contributed by atoms with Crippen molar-refractivity contribution in [3.63, 3.8) is 0 Å². The van der Waals surface area contributed by atoms with Gasteiger partial charge in [-0.15, -0.1) is 0 Å². The van der Waals surface area contributed by atoms with E-state index >= 15 is 0 Å². The number of rotatable bonds is 9. The molecule has 41 heavy (non-hydrogen) atoms. The van der Waals surface area contributed by atoms with Crippen LogP contribution in [0.5, 0.6) is 5.75 Å². The Kier molecular flexibility index (Phi) is 9.63. The number of nitrogens with zero attached hydrogens (tertiary/aromatic N) is 2. The van der Waals surface area contributed by atoms with Crippen molar-refractivity contribution in [2.45, 2.75) is 38.0 Å². The van der Waals surface area contributed by atoms with Crippen molar-refractivity contribution in [2.24, 2.45) is 0 Å². The molecule has 0 radical (unpaired) electrons. The zero-order valence-electron chi connectivity index (χ0n) is 22.6. The van der Waals surface area contributed by atoms with Crippen LogP contribution in [0.4, 0.5) is 13.2 Å². The summed E-state index contributed by atoms with van der Waals surface area (Å²) in [4.78, 5) is 25.8. The lowest BCUT2D eigenvalue weighted by atomic mass is 9.85. The number of hydrogen-bond donors (Lipinski definition) is 2. The lowest BCUT2D eigenvalue weighted by molar-refractivity contribution is -0.153. The van der Waals surface area contributed by atoms with Gasteiger partial charge in [0.05, 0.1) is 18.2 Å².